The molecule has 0 radical (unpaired) electrons. The van der Waals surface area contributed by atoms with Crippen molar-refractivity contribution in [3.05, 3.63) is 28.2 Å². The number of rotatable bonds is 2. The highest BCUT2D eigenvalue weighted by molar-refractivity contribution is 9.10. The molecule has 1 aromatic rings. The zero-order valence-corrected chi connectivity index (χ0v) is 13.7. The molecule has 19 heavy (non-hydrogen) atoms. The van der Waals surface area contributed by atoms with Crippen LogP contribution in [0.15, 0.2) is 22.7 Å². The lowest BCUT2D eigenvalue weighted by atomic mass is 9.85. The van der Waals surface area contributed by atoms with Gasteiger partial charge in [-0.2, -0.15) is 0 Å². The Hall–Kier alpha value is -0.540. The van der Waals surface area contributed by atoms with E-state index >= 15 is 0 Å². The molecule has 1 saturated heterocycles. The van der Waals surface area contributed by atoms with Crippen molar-refractivity contribution >= 4 is 21.6 Å². The molecular formula is C16H24BrNO. The summed E-state index contributed by atoms with van der Waals surface area (Å²) in [5.41, 5.74) is 2.68. The largest absolute Gasteiger partial charge is 0.389 e. The first kappa shape index (κ1) is 14.9. The third-order valence-electron chi connectivity index (χ3n) is 4.14. The number of anilines is 1. The molecule has 1 unspecified atom stereocenters. The van der Waals surface area contributed by atoms with Gasteiger partial charge >= 0.3 is 0 Å². The lowest BCUT2D eigenvalue weighted by Gasteiger charge is -2.25. The predicted octanol–water partition coefficient (Wildman–Crippen LogP) is 4.52. The fourth-order valence-electron chi connectivity index (χ4n) is 2.73. The molecule has 0 aromatic heterocycles. The molecule has 106 valence electrons. The van der Waals surface area contributed by atoms with E-state index in [1.165, 1.54) is 24.9 Å². The van der Waals surface area contributed by atoms with E-state index in [2.05, 4.69) is 46.8 Å². The zero-order valence-electron chi connectivity index (χ0n) is 12.1. The Morgan fingerprint density at radius 3 is 2.63 bits per heavy atom. The van der Waals surface area contributed by atoms with Crippen LogP contribution in [0.5, 0.6) is 0 Å². The summed E-state index contributed by atoms with van der Waals surface area (Å²) in [5.74, 6) is 0. The van der Waals surface area contributed by atoms with Crippen LogP contribution in [0.25, 0.3) is 0 Å². The van der Waals surface area contributed by atoms with E-state index < -0.39 is 6.10 Å². The summed E-state index contributed by atoms with van der Waals surface area (Å²) in [5, 5.41) is 9.68. The van der Waals surface area contributed by atoms with Crippen LogP contribution >= 0.6 is 15.9 Å². The minimum atomic E-state index is -0.425. The lowest BCUT2D eigenvalue weighted by molar-refractivity contribution is 0.198. The topological polar surface area (TPSA) is 23.5 Å². The normalized spacial score (nSPS) is 21.0. The molecule has 0 bridgehead atoms. The average molecular weight is 326 g/mol. The zero-order chi connectivity index (χ0) is 14.0. The molecule has 1 N–H and O–H groups in total. The van der Waals surface area contributed by atoms with Gasteiger partial charge in [-0.05, 0) is 49.3 Å². The Labute approximate surface area is 124 Å². The summed E-state index contributed by atoms with van der Waals surface area (Å²) in [4.78, 5) is 2.46. The molecule has 1 heterocycles. The summed E-state index contributed by atoms with van der Waals surface area (Å²) < 4.78 is 1.00. The summed E-state index contributed by atoms with van der Waals surface area (Å²) in [6, 6.07) is 6.30. The molecular weight excluding hydrogens is 302 g/mol. The molecule has 0 saturated carbocycles. The first-order valence-corrected chi connectivity index (χ1v) is 7.91. The van der Waals surface area contributed by atoms with E-state index in [1.807, 2.05) is 6.07 Å². The van der Waals surface area contributed by atoms with Crippen molar-refractivity contribution in [2.24, 2.45) is 5.41 Å². The van der Waals surface area contributed by atoms with Crippen LogP contribution in [0.3, 0.4) is 0 Å². The first-order valence-electron chi connectivity index (χ1n) is 7.11. The molecule has 1 atom stereocenters. The van der Waals surface area contributed by atoms with Gasteiger partial charge in [-0.1, -0.05) is 35.8 Å². The van der Waals surface area contributed by atoms with Gasteiger partial charge < -0.3 is 10.0 Å². The number of hydrogen-bond acceptors (Lipinski definition) is 2. The van der Waals surface area contributed by atoms with Crippen molar-refractivity contribution in [2.75, 3.05) is 18.0 Å². The molecule has 3 heteroatoms. The third-order valence-corrected chi connectivity index (χ3v) is 4.83. The number of aliphatic hydroxyl groups excluding tert-OH is 1. The van der Waals surface area contributed by atoms with Gasteiger partial charge in [-0.3, -0.25) is 0 Å². The Balaban J connectivity index is 2.16. The second-order valence-electron chi connectivity index (χ2n) is 6.39. The van der Waals surface area contributed by atoms with Gasteiger partial charge in [-0.15, -0.1) is 0 Å². The molecule has 0 amide bonds. The minimum Gasteiger partial charge on any atom is -0.389 e. The van der Waals surface area contributed by atoms with E-state index in [0.717, 1.165) is 23.1 Å². The number of hydrogen-bond donors (Lipinski definition) is 1. The average Bonchev–Trinajstić information content (AvgIpc) is 2.49. The molecule has 1 aromatic carbocycles. The van der Waals surface area contributed by atoms with Crippen LogP contribution in [-0.2, 0) is 0 Å². The SMILES string of the molecule is CC(O)c1ccc(N2CCCC(C)(C)CC2)cc1Br. The van der Waals surface area contributed by atoms with Crippen molar-refractivity contribution in [2.45, 2.75) is 46.1 Å². The highest BCUT2D eigenvalue weighted by Crippen LogP contribution is 2.33. The molecule has 1 fully saturated rings. The van der Waals surface area contributed by atoms with Crippen LogP contribution in [0.2, 0.25) is 0 Å². The van der Waals surface area contributed by atoms with Crippen LogP contribution < -0.4 is 4.90 Å². The van der Waals surface area contributed by atoms with Gasteiger partial charge in [0.1, 0.15) is 0 Å². The van der Waals surface area contributed by atoms with Crippen molar-refractivity contribution in [1.82, 2.24) is 0 Å². The number of nitrogens with zero attached hydrogens (tertiary/aromatic N) is 1. The fourth-order valence-corrected chi connectivity index (χ4v) is 3.43. The van der Waals surface area contributed by atoms with E-state index in [1.54, 1.807) is 6.92 Å². The molecule has 0 spiro atoms. The fraction of sp³-hybridized carbons (Fsp3) is 0.625. The number of aliphatic hydroxyl groups is 1. The highest BCUT2D eigenvalue weighted by Gasteiger charge is 2.23. The number of halogens is 1. The second kappa shape index (κ2) is 5.84. The molecule has 1 aliphatic heterocycles. The maximum Gasteiger partial charge on any atom is 0.0772 e. The van der Waals surface area contributed by atoms with Gasteiger partial charge in [0, 0.05) is 23.2 Å². The van der Waals surface area contributed by atoms with E-state index in [9.17, 15) is 5.11 Å². The van der Waals surface area contributed by atoms with Crippen LogP contribution in [-0.4, -0.2) is 18.2 Å². The summed E-state index contributed by atoms with van der Waals surface area (Å²) in [6.07, 6.45) is 3.37. The van der Waals surface area contributed by atoms with Crippen molar-refractivity contribution in [3.8, 4) is 0 Å². The van der Waals surface area contributed by atoms with Gasteiger partial charge in [0.05, 0.1) is 6.10 Å². The predicted molar refractivity (Wildman–Crippen MR) is 84.6 cm³/mol. The highest BCUT2D eigenvalue weighted by atomic mass is 79.9. The molecule has 2 rings (SSSR count). The second-order valence-corrected chi connectivity index (χ2v) is 7.24. The summed E-state index contributed by atoms with van der Waals surface area (Å²) in [7, 11) is 0. The van der Waals surface area contributed by atoms with Gasteiger partial charge in [0.25, 0.3) is 0 Å². The maximum atomic E-state index is 9.68. The van der Waals surface area contributed by atoms with Gasteiger partial charge in [0.2, 0.25) is 0 Å². The standard InChI is InChI=1S/C16H24BrNO/c1-12(19)14-6-5-13(11-15(14)17)18-9-4-7-16(2,3)8-10-18/h5-6,11-12,19H,4,7-10H2,1-3H3. The number of benzene rings is 1. The summed E-state index contributed by atoms with van der Waals surface area (Å²) >= 11 is 3.57. The van der Waals surface area contributed by atoms with Gasteiger partial charge in [0.15, 0.2) is 0 Å². The van der Waals surface area contributed by atoms with Crippen molar-refractivity contribution in [3.63, 3.8) is 0 Å². The van der Waals surface area contributed by atoms with E-state index in [4.69, 9.17) is 0 Å². The first-order chi connectivity index (χ1) is 8.89. The monoisotopic (exact) mass is 325 g/mol. The third kappa shape index (κ3) is 3.73. The van der Waals surface area contributed by atoms with Crippen LogP contribution in [0, 0.1) is 5.41 Å². The Bertz CT molecular complexity index is 442. The Morgan fingerprint density at radius 1 is 1.26 bits per heavy atom. The molecule has 2 nitrogen and oxygen atoms in total. The quantitative estimate of drug-likeness (QED) is 0.864. The Morgan fingerprint density at radius 2 is 2.00 bits per heavy atom. The molecule has 1 aliphatic rings. The van der Waals surface area contributed by atoms with Crippen LogP contribution in [0.4, 0.5) is 5.69 Å². The smallest absolute Gasteiger partial charge is 0.0772 e. The Kier molecular flexibility index (Phi) is 4.57. The van der Waals surface area contributed by atoms with E-state index in [-0.39, 0.29) is 0 Å². The van der Waals surface area contributed by atoms with Crippen molar-refractivity contribution < 1.29 is 5.11 Å². The molecule has 0 aliphatic carbocycles. The van der Waals surface area contributed by atoms with E-state index in [0.29, 0.717) is 5.41 Å². The van der Waals surface area contributed by atoms with Gasteiger partial charge in [-0.25, -0.2) is 0 Å². The lowest BCUT2D eigenvalue weighted by Crippen LogP contribution is -2.25. The van der Waals surface area contributed by atoms with Crippen molar-refractivity contribution in [1.29, 1.82) is 0 Å². The summed E-state index contributed by atoms with van der Waals surface area (Å²) in [6.45, 7) is 8.78. The maximum absolute atomic E-state index is 9.68. The van der Waals surface area contributed by atoms with Crippen LogP contribution in [0.1, 0.15) is 51.7 Å². The minimum absolute atomic E-state index is 0.425.